The molecule has 0 bridgehead atoms. The van der Waals surface area contributed by atoms with Crippen molar-refractivity contribution in [1.29, 1.82) is 0 Å². The van der Waals surface area contributed by atoms with Gasteiger partial charge in [0.25, 0.3) is 0 Å². The predicted molar refractivity (Wildman–Crippen MR) is 103 cm³/mol. The highest BCUT2D eigenvalue weighted by Crippen LogP contribution is 2.19. The molecule has 1 aromatic carbocycles. The maximum absolute atomic E-state index is 12.4. The minimum absolute atomic E-state index is 0.000164. The summed E-state index contributed by atoms with van der Waals surface area (Å²) in [5.74, 6) is 1.55. The smallest absolute Gasteiger partial charge is 0.232 e. The van der Waals surface area contributed by atoms with Crippen molar-refractivity contribution >= 4 is 23.3 Å². The maximum atomic E-state index is 12.4. The molecule has 3 rings (SSSR count). The summed E-state index contributed by atoms with van der Waals surface area (Å²) >= 11 is 0. The number of anilines is 1. The van der Waals surface area contributed by atoms with Crippen molar-refractivity contribution in [3.8, 4) is 5.75 Å². The molecule has 1 saturated heterocycles. The molecule has 0 spiro atoms. The van der Waals surface area contributed by atoms with E-state index in [4.69, 9.17) is 9.47 Å². The van der Waals surface area contributed by atoms with Crippen LogP contribution < -0.4 is 10.1 Å². The summed E-state index contributed by atoms with van der Waals surface area (Å²) in [4.78, 5) is 23.1. The maximum Gasteiger partial charge on any atom is 0.232 e. The molecule has 1 unspecified atom stereocenters. The lowest BCUT2D eigenvalue weighted by Crippen LogP contribution is -2.43. The van der Waals surface area contributed by atoms with Crippen molar-refractivity contribution in [2.24, 2.45) is 9.98 Å². The summed E-state index contributed by atoms with van der Waals surface area (Å²) in [6.45, 7) is 6.62. The quantitative estimate of drug-likeness (QED) is 0.817. The summed E-state index contributed by atoms with van der Waals surface area (Å²) < 4.78 is 11.0. The number of nitrogens with zero attached hydrogens (tertiary/aromatic N) is 3. The number of amidine groups is 2. The van der Waals surface area contributed by atoms with Gasteiger partial charge in [0.05, 0.1) is 32.2 Å². The van der Waals surface area contributed by atoms with Crippen molar-refractivity contribution < 1.29 is 19.4 Å². The number of morpholine rings is 1. The number of rotatable bonds is 5. The van der Waals surface area contributed by atoms with E-state index in [0.717, 1.165) is 18.9 Å². The highest BCUT2D eigenvalue weighted by molar-refractivity contribution is 6.10. The van der Waals surface area contributed by atoms with Gasteiger partial charge in [-0.1, -0.05) is 6.07 Å². The van der Waals surface area contributed by atoms with Gasteiger partial charge >= 0.3 is 0 Å². The van der Waals surface area contributed by atoms with Gasteiger partial charge in [0.15, 0.2) is 6.23 Å². The van der Waals surface area contributed by atoms with Crippen LogP contribution in [-0.4, -0.2) is 66.2 Å². The highest BCUT2D eigenvalue weighted by Gasteiger charge is 2.23. The Balaban J connectivity index is 1.62. The molecule has 0 aliphatic carbocycles. The molecule has 27 heavy (non-hydrogen) atoms. The number of amides is 1. The lowest BCUT2D eigenvalue weighted by molar-refractivity contribution is -0.115. The Morgan fingerprint density at radius 3 is 2.93 bits per heavy atom. The van der Waals surface area contributed by atoms with Gasteiger partial charge in [-0.15, -0.1) is 0 Å². The number of carbonyl (C=O) groups excluding carboxylic acids is 1. The molecule has 8 heteroatoms. The first kappa shape index (κ1) is 19.3. The SMILES string of the molecule is CC(C)Oc1cccc(NC(=O)CC2=NC(O)CC(N3CCOCC3)=N2)c1. The van der Waals surface area contributed by atoms with Crippen molar-refractivity contribution in [3.63, 3.8) is 0 Å². The summed E-state index contributed by atoms with van der Waals surface area (Å²) in [7, 11) is 0. The van der Waals surface area contributed by atoms with E-state index in [1.165, 1.54) is 0 Å². The van der Waals surface area contributed by atoms with Gasteiger partial charge in [-0.25, -0.2) is 9.98 Å². The molecule has 2 aliphatic heterocycles. The number of hydrogen-bond acceptors (Lipinski definition) is 7. The van der Waals surface area contributed by atoms with Crippen LogP contribution >= 0.6 is 0 Å². The number of carbonyl (C=O) groups is 1. The normalized spacial score (nSPS) is 20.1. The summed E-state index contributed by atoms with van der Waals surface area (Å²) in [6, 6.07) is 7.24. The number of ether oxygens (including phenoxy) is 2. The standard InChI is InChI=1S/C19H26N4O4/c1-13(2)27-15-5-3-4-14(10-15)20-18(24)11-16-21-17(12-19(25)22-16)23-6-8-26-9-7-23/h3-5,10,13,19,25H,6-9,11-12H2,1-2H3,(H,20,24). The Kier molecular flexibility index (Phi) is 6.41. The fraction of sp³-hybridized carbons (Fsp3) is 0.526. The third-order valence-corrected chi connectivity index (χ3v) is 4.11. The lowest BCUT2D eigenvalue weighted by Gasteiger charge is -2.31. The Morgan fingerprint density at radius 1 is 1.41 bits per heavy atom. The van der Waals surface area contributed by atoms with Crippen LogP contribution in [0, 0.1) is 0 Å². The number of benzene rings is 1. The van der Waals surface area contributed by atoms with E-state index < -0.39 is 6.23 Å². The van der Waals surface area contributed by atoms with E-state index in [1.54, 1.807) is 12.1 Å². The van der Waals surface area contributed by atoms with Crippen molar-refractivity contribution in [2.45, 2.75) is 39.0 Å². The zero-order valence-electron chi connectivity index (χ0n) is 15.7. The van der Waals surface area contributed by atoms with E-state index in [0.29, 0.717) is 36.9 Å². The van der Waals surface area contributed by atoms with Gasteiger partial charge in [0.1, 0.15) is 17.4 Å². The first-order valence-corrected chi connectivity index (χ1v) is 9.21. The molecule has 0 saturated carbocycles. The largest absolute Gasteiger partial charge is 0.491 e. The fourth-order valence-electron chi connectivity index (χ4n) is 2.98. The number of hydrogen-bond donors (Lipinski definition) is 2. The van der Waals surface area contributed by atoms with Crippen LogP contribution in [0.1, 0.15) is 26.7 Å². The second-order valence-corrected chi connectivity index (χ2v) is 6.78. The topological polar surface area (TPSA) is 95.8 Å². The van der Waals surface area contributed by atoms with Crippen LogP contribution in [0.4, 0.5) is 5.69 Å². The molecule has 2 heterocycles. The molecular weight excluding hydrogens is 348 g/mol. The lowest BCUT2D eigenvalue weighted by atomic mass is 10.2. The summed E-state index contributed by atoms with van der Waals surface area (Å²) in [5, 5.41) is 12.9. The Morgan fingerprint density at radius 2 is 2.19 bits per heavy atom. The van der Waals surface area contributed by atoms with E-state index in [1.807, 2.05) is 26.0 Å². The molecule has 1 fully saturated rings. The van der Waals surface area contributed by atoms with Gasteiger partial charge in [-0.2, -0.15) is 0 Å². The first-order valence-electron chi connectivity index (χ1n) is 9.21. The second kappa shape index (κ2) is 8.96. The van der Waals surface area contributed by atoms with Gasteiger partial charge in [-0.05, 0) is 26.0 Å². The predicted octanol–water partition coefficient (Wildman–Crippen LogP) is 1.65. The molecule has 1 aromatic rings. The molecule has 146 valence electrons. The average Bonchev–Trinajstić information content (AvgIpc) is 2.61. The monoisotopic (exact) mass is 374 g/mol. The number of aliphatic hydroxyl groups is 1. The van der Waals surface area contributed by atoms with E-state index in [-0.39, 0.29) is 18.4 Å². The van der Waals surface area contributed by atoms with Crippen LogP contribution in [0.15, 0.2) is 34.3 Å². The third kappa shape index (κ3) is 5.77. The van der Waals surface area contributed by atoms with E-state index in [9.17, 15) is 9.90 Å². The average molecular weight is 374 g/mol. The Bertz CT molecular complexity index is 726. The number of aliphatic imine (C=N–C) groups is 2. The first-order chi connectivity index (χ1) is 13.0. The zero-order chi connectivity index (χ0) is 19.2. The minimum atomic E-state index is -0.870. The summed E-state index contributed by atoms with van der Waals surface area (Å²) in [6.07, 6.45) is -0.451. The van der Waals surface area contributed by atoms with Crippen LogP contribution in [0.2, 0.25) is 0 Å². The number of nitrogens with one attached hydrogen (secondary N) is 1. The molecular formula is C19H26N4O4. The van der Waals surface area contributed by atoms with Crippen LogP contribution in [0.3, 0.4) is 0 Å². The van der Waals surface area contributed by atoms with Gasteiger partial charge in [0, 0.05) is 24.8 Å². The molecule has 1 atom stereocenters. The molecule has 2 aliphatic rings. The van der Waals surface area contributed by atoms with Gasteiger partial charge < -0.3 is 24.8 Å². The van der Waals surface area contributed by atoms with E-state index >= 15 is 0 Å². The van der Waals surface area contributed by atoms with Crippen molar-refractivity contribution in [2.75, 3.05) is 31.6 Å². The molecule has 0 radical (unpaired) electrons. The fourth-order valence-corrected chi connectivity index (χ4v) is 2.98. The summed E-state index contributed by atoms with van der Waals surface area (Å²) in [5.41, 5.74) is 0.646. The van der Waals surface area contributed by atoms with Crippen molar-refractivity contribution in [3.05, 3.63) is 24.3 Å². The van der Waals surface area contributed by atoms with Gasteiger partial charge in [-0.3, -0.25) is 4.79 Å². The Hall–Kier alpha value is -2.45. The third-order valence-electron chi connectivity index (χ3n) is 4.11. The highest BCUT2D eigenvalue weighted by atomic mass is 16.5. The zero-order valence-corrected chi connectivity index (χ0v) is 15.7. The van der Waals surface area contributed by atoms with E-state index in [2.05, 4.69) is 20.2 Å². The van der Waals surface area contributed by atoms with Crippen LogP contribution in [0.25, 0.3) is 0 Å². The van der Waals surface area contributed by atoms with Crippen LogP contribution in [-0.2, 0) is 9.53 Å². The Labute approximate surface area is 158 Å². The van der Waals surface area contributed by atoms with Crippen LogP contribution in [0.5, 0.6) is 5.75 Å². The van der Waals surface area contributed by atoms with Gasteiger partial charge in [0.2, 0.25) is 5.91 Å². The molecule has 1 amide bonds. The second-order valence-electron chi connectivity index (χ2n) is 6.78. The molecule has 8 nitrogen and oxygen atoms in total. The molecule has 0 aromatic heterocycles. The van der Waals surface area contributed by atoms with Crippen molar-refractivity contribution in [1.82, 2.24) is 4.90 Å². The minimum Gasteiger partial charge on any atom is -0.491 e. The number of aliphatic hydroxyl groups excluding tert-OH is 1. The molecule has 2 N–H and O–H groups in total.